The Morgan fingerprint density at radius 1 is 1.43 bits per heavy atom. The van der Waals surface area contributed by atoms with Crippen LogP contribution in [-0.2, 0) is 16.0 Å². The molecule has 14 heavy (non-hydrogen) atoms. The van der Waals surface area contributed by atoms with Gasteiger partial charge in [-0.1, -0.05) is 37.3 Å². The molecule has 3 nitrogen and oxygen atoms in total. The van der Waals surface area contributed by atoms with Crippen LogP contribution in [0.5, 0.6) is 0 Å². The first-order valence-corrected chi connectivity index (χ1v) is 4.55. The largest absolute Gasteiger partial charge is 0.438 e. The van der Waals surface area contributed by atoms with Gasteiger partial charge in [0.25, 0.3) is 0 Å². The van der Waals surface area contributed by atoms with E-state index in [1.54, 1.807) is 6.92 Å². The van der Waals surface area contributed by atoms with Gasteiger partial charge in [0, 0.05) is 0 Å². The van der Waals surface area contributed by atoms with E-state index in [2.05, 4.69) is 4.74 Å². The third-order valence-electron chi connectivity index (χ3n) is 1.99. The maximum absolute atomic E-state index is 11.2. The van der Waals surface area contributed by atoms with E-state index < -0.39 is 6.79 Å². The summed E-state index contributed by atoms with van der Waals surface area (Å²) in [7, 11) is 0. The Bertz CT molecular complexity index is 282. The molecule has 0 fully saturated rings. The average Bonchev–Trinajstić information content (AvgIpc) is 2.19. The lowest BCUT2D eigenvalue weighted by molar-refractivity contribution is -0.156. The van der Waals surface area contributed by atoms with Crippen LogP contribution < -0.4 is 0 Å². The fourth-order valence-electron chi connectivity index (χ4n) is 1.26. The average molecular weight is 194 g/mol. The summed E-state index contributed by atoms with van der Waals surface area (Å²) < 4.78 is 4.49. The van der Waals surface area contributed by atoms with Gasteiger partial charge in [0.05, 0.1) is 5.92 Å². The number of esters is 1. The van der Waals surface area contributed by atoms with Crippen LogP contribution in [0, 0.1) is 5.92 Å². The highest BCUT2D eigenvalue weighted by atomic mass is 16.6. The second-order valence-corrected chi connectivity index (χ2v) is 3.18. The molecule has 1 aromatic carbocycles. The molecule has 0 bridgehead atoms. The number of hydrogen-bond acceptors (Lipinski definition) is 3. The predicted molar refractivity (Wildman–Crippen MR) is 52.5 cm³/mol. The Labute approximate surface area is 83.3 Å². The summed E-state index contributed by atoms with van der Waals surface area (Å²) in [5.74, 6) is -0.582. The highest BCUT2D eigenvalue weighted by Crippen LogP contribution is 2.09. The molecule has 3 heteroatoms. The van der Waals surface area contributed by atoms with E-state index in [1.807, 2.05) is 30.3 Å². The highest BCUT2D eigenvalue weighted by Gasteiger charge is 2.14. The summed E-state index contributed by atoms with van der Waals surface area (Å²) in [4.78, 5) is 11.2. The number of aliphatic hydroxyl groups excluding tert-OH is 1. The summed E-state index contributed by atoms with van der Waals surface area (Å²) in [6.45, 7) is 1.24. The zero-order chi connectivity index (χ0) is 10.4. The molecule has 1 aromatic rings. The van der Waals surface area contributed by atoms with Crippen molar-refractivity contribution in [2.75, 3.05) is 6.79 Å². The SMILES string of the molecule is CC(Cc1ccccc1)C(=O)OCO. The molecule has 1 unspecified atom stereocenters. The summed E-state index contributed by atoms with van der Waals surface area (Å²) >= 11 is 0. The van der Waals surface area contributed by atoms with Crippen LogP contribution in [0.25, 0.3) is 0 Å². The molecule has 1 atom stereocenters. The number of benzene rings is 1. The molecule has 0 spiro atoms. The molecule has 76 valence electrons. The van der Waals surface area contributed by atoms with Gasteiger partial charge in [-0.2, -0.15) is 0 Å². The molecule has 0 aliphatic rings. The minimum atomic E-state index is -0.544. The van der Waals surface area contributed by atoms with Crippen LogP contribution in [0.1, 0.15) is 12.5 Å². The van der Waals surface area contributed by atoms with Gasteiger partial charge in [-0.3, -0.25) is 4.79 Å². The maximum atomic E-state index is 11.2. The third kappa shape index (κ3) is 3.18. The molecule has 0 saturated heterocycles. The summed E-state index contributed by atoms with van der Waals surface area (Å²) in [5.41, 5.74) is 1.09. The molecule has 0 amide bonds. The van der Waals surface area contributed by atoms with Gasteiger partial charge in [0.2, 0.25) is 0 Å². The van der Waals surface area contributed by atoms with E-state index in [4.69, 9.17) is 5.11 Å². The first-order valence-electron chi connectivity index (χ1n) is 4.55. The normalized spacial score (nSPS) is 12.1. The van der Waals surface area contributed by atoms with E-state index in [9.17, 15) is 4.79 Å². The fourth-order valence-corrected chi connectivity index (χ4v) is 1.26. The minimum Gasteiger partial charge on any atom is -0.438 e. The standard InChI is InChI=1S/C11H14O3/c1-9(11(13)14-8-12)7-10-5-3-2-4-6-10/h2-6,9,12H,7-8H2,1H3. The molecule has 0 aromatic heterocycles. The second kappa shape index (κ2) is 5.40. The second-order valence-electron chi connectivity index (χ2n) is 3.18. The van der Waals surface area contributed by atoms with Crippen LogP contribution in [0.3, 0.4) is 0 Å². The van der Waals surface area contributed by atoms with E-state index in [0.29, 0.717) is 6.42 Å². The smallest absolute Gasteiger partial charge is 0.311 e. The Kier molecular flexibility index (Phi) is 4.13. The Morgan fingerprint density at radius 3 is 2.64 bits per heavy atom. The first kappa shape index (κ1) is 10.7. The maximum Gasteiger partial charge on any atom is 0.311 e. The lowest BCUT2D eigenvalue weighted by atomic mass is 10.0. The number of ether oxygens (including phenoxy) is 1. The summed E-state index contributed by atoms with van der Waals surface area (Å²) in [5, 5.41) is 8.41. The van der Waals surface area contributed by atoms with Crippen LogP contribution in [0.4, 0.5) is 0 Å². The number of hydrogen-bond donors (Lipinski definition) is 1. The zero-order valence-electron chi connectivity index (χ0n) is 8.14. The topological polar surface area (TPSA) is 46.5 Å². The zero-order valence-corrected chi connectivity index (χ0v) is 8.14. The van der Waals surface area contributed by atoms with Gasteiger partial charge in [0.15, 0.2) is 6.79 Å². The molecule has 1 N–H and O–H groups in total. The lowest BCUT2D eigenvalue weighted by Gasteiger charge is -2.09. The van der Waals surface area contributed by atoms with E-state index in [1.165, 1.54) is 0 Å². The monoisotopic (exact) mass is 194 g/mol. The van der Waals surface area contributed by atoms with Crippen LogP contribution in [0.15, 0.2) is 30.3 Å². The van der Waals surface area contributed by atoms with Gasteiger partial charge in [0.1, 0.15) is 0 Å². The molecule has 0 saturated carbocycles. The predicted octanol–water partition coefficient (Wildman–Crippen LogP) is 1.36. The van der Waals surface area contributed by atoms with Crippen molar-refractivity contribution in [3.8, 4) is 0 Å². The van der Waals surface area contributed by atoms with Crippen molar-refractivity contribution in [1.29, 1.82) is 0 Å². The van der Waals surface area contributed by atoms with Crippen molar-refractivity contribution in [2.45, 2.75) is 13.3 Å². The van der Waals surface area contributed by atoms with E-state index in [0.717, 1.165) is 5.56 Å². The quantitative estimate of drug-likeness (QED) is 0.581. The molecular weight excluding hydrogens is 180 g/mol. The molecule has 0 aliphatic carbocycles. The van der Waals surface area contributed by atoms with Gasteiger partial charge < -0.3 is 9.84 Å². The number of aliphatic hydroxyl groups is 1. The van der Waals surface area contributed by atoms with Gasteiger partial charge in [-0.05, 0) is 12.0 Å². The van der Waals surface area contributed by atoms with Crippen molar-refractivity contribution < 1.29 is 14.6 Å². The first-order chi connectivity index (χ1) is 6.74. The fraction of sp³-hybridized carbons (Fsp3) is 0.364. The minimum absolute atomic E-state index is 0.218. The number of carbonyl (C=O) groups excluding carboxylic acids is 1. The van der Waals surface area contributed by atoms with Gasteiger partial charge in [-0.25, -0.2) is 0 Å². The van der Waals surface area contributed by atoms with Gasteiger partial charge in [-0.15, -0.1) is 0 Å². The van der Waals surface area contributed by atoms with E-state index >= 15 is 0 Å². The number of rotatable bonds is 4. The van der Waals surface area contributed by atoms with Gasteiger partial charge >= 0.3 is 5.97 Å². The number of carbonyl (C=O) groups is 1. The molecule has 1 rings (SSSR count). The Morgan fingerprint density at radius 2 is 2.07 bits per heavy atom. The molecule has 0 heterocycles. The molecule has 0 aliphatic heterocycles. The van der Waals surface area contributed by atoms with E-state index in [-0.39, 0.29) is 11.9 Å². The Hall–Kier alpha value is -1.35. The van der Waals surface area contributed by atoms with Crippen molar-refractivity contribution in [3.63, 3.8) is 0 Å². The van der Waals surface area contributed by atoms with Crippen LogP contribution >= 0.6 is 0 Å². The van der Waals surface area contributed by atoms with Crippen LogP contribution in [-0.4, -0.2) is 17.9 Å². The van der Waals surface area contributed by atoms with Crippen LogP contribution in [0.2, 0.25) is 0 Å². The summed E-state index contributed by atoms with van der Waals surface area (Å²) in [6.07, 6.45) is 0.639. The van der Waals surface area contributed by atoms with Crippen molar-refractivity contribution in [2.24, 2.45) is 5.92 Å². The highest BCUT2D eigenvalue weighted by molar-refractivity contribution is 5.72. The molecule has 0 radical (unpaired) electrons. The Balaban J connectivity index is 2.49. The summed E-state index contributed by atoms with van der Waals surface area (Å²) in [6, 6.07) is 9.71. The lowest BCUT2D eigenvalue weighted by Crippen LogP contribution is -2.17. The third-order valence-corrected chi connectivity index (χ3v) is 1.99. The van der Waals surface area contributed by atoms with Crippen molar-refractivity contribution >= 4 is 5.97 Å². The van der Waals surface area contributed by atoms with Crippen molar-refractivity contribution in [3.05, 3.63) is 35.9 Å². The van der Waals surface area contributed by atoms with Crippen molar-refractivity contribution in [1.82, 2.24) is 0 Å². The molecular formula is C11H14O3.